The van der Waals surface area contributed by atoms with Crippen LogP contribution in [0.15, 0.2) is 10.8 Å². The van der Waals surface area contributed by atoms with Crippen LogP contribution in [0.1, 0.15) is 47.8 Å². The van der Waals surface area contributed by atoms with Gasteiger partial charge in [0.2, 0.25) is 0 Å². The number of oxazole rings is 1. The molecule has 3 fully saturated rings. The fourth-order valence-corrected chi connectivity index (χ4v) is 3.74. The maximum atomic E-state index is 12.9. The minimum absolute atomic E-state index is 0.156. The Kier molecular flexibility index (Phi) is 4.32. The molecule has 1 saturated carbocycles. The summed E-state index contributed by atoms with van der Waals surface area (Å²) < 4.78 is 11.0. The minimum Gasteiger partial charge on any atom is -0.447 e. The van der Waals surface area contributed by atoms with Crippen molar-refractivity contribution in [3.05, 3.63) is 17.8 Å². The van der Waals surface area contributed by atoms with Crippen LogP contribution in [0, 0.1) is 0 Å². The summed E-state index contributed by atoms with van der Waals surface area (Å²) in [5, 5.41) is 11.0. The molecule has 2 saturated heterocycles. The fraction of sp³-hybridized carbons (Fsp3) is 0.765. The van der Waals surface area contributed by atoms with E-state index in [1.807, 2.05) is 0 Å². The van der Waals surface area contributed by atoms with Crippen molar-refractivity contribution in [3.63, 3.8) is 0 Å². The zero-order valence-corrected chi connectivity index (χ0v) is 13.9. The molecule has 1 atom stereocenters. The number of β-amino-alcohol motifs (C(OH)–C–C–N with tert-alkyl or cyclic N) is 1. The summed E-state index contributed by atoms with van der Waals surface area (Å²) in [6.45, 7) is 4.01. The number of carbonyl (C=O) groups excluding carboxylic acids is 1. The topological polar surface area (TPSA) is 79.0 Å². The largest absolute Gasteiger partial charge is 0.447 e. The lowest BCUT2D eigenvalue weighted by Gasteiger charge is -2.33. The van der Waals surface area contributed by atoms with Crippen LogP contribution in [0.4, 0.5) is 0 Å². The molecule has 132 valence electrons. The number of ether oxygens (including phenoxy) is 1. The van der Waals surface area contributed by atoms with E-state index in [0.29, 0.717) is 37.1 Å². The van der Waals surface area contributed by atoms with Gasteiger partial charge in [0.05, 0.1) is 19.8 Å². The molecule has 4 rings (SSSR count). The van der Waals surface area contributed by atoms with E-state index >= 15 is 0 Å². The Labute approximate surface area is 141 Å². The van der Waals surface area contributed by atoms with Gasteiger partial charge < -0.3 is 24.1 Å². The Morgan fingerprint density at radius 2 is 2.12 bits per heavy atom. The van der Waals surface area contributed by atoms with E-state index in [2.05, 4.69) is 9.88 Å². The molecule has 1 aliphatic carbocycles. The first-order chi connectivity index (χ1) is 11.6. The maximum absolute atomic E-state index is 12.9. The SMILES string of the molecule is O=C(c1ncoc1C1CC1)N1CCOC[C@](O)(CN2CCCC2)C1. The number of hydrogen-bond acceptors (Lipinski definition) is 6. The molecule has 1 aromatic rings. The van der Waals surface area contributed by atoms with Crippen molar-refractivity contribution in [2.45, 2.75) is 37.2 Å². The monoisotopic (exact) mass is 335 g/mol. The number of amides is 1. The van der Waals surface area contributed by atoms with Crippen LogP contribution in [0.25, 0.3) is 0 Å². The van der Waals surface area contributed by atoms with E-state index < -0.39 is 5.60 Å². The van der Waals surface area contributed by atoms with Crippen LogP contribution in [0.3, 0.4) is 0 Å². The lowest BCUT2D eigenvalue weighted by molar-refractivity contribution is -0.0524. The quantitative estimate of drug-likeness (QED) is 0.879. The molecule has 0 unspecified atom stereocenters. The van der Waals surface area contributed by atoms with Crippen molar-refractivity contribution < 1.29 is 19.1 Å². The average Bonchev–Trinajstić information content (AvgIpc) is 3.13. The lowest BCUT2D eigenvalue weighted by atomic mass is 10.0. The van der Waals surface area contributed by atoms with E-state index in [4.69, 9.17) is 9.15 Å². The molecule has 24 heavy (non-hydrogen) atoms. The number of carbonyl (C=O) groups is 1. The molecule has 7 nitrogen and oxygen atoms in total. The first-order valence-corrected chi connectivity index (χ1v) is 8.90. The van der Waals surface area contributed by atoms with Crippen LogP contribution in [0.5, 0.6) is 0 Å². The van der Waals surface area contributed by atoms with E-state index in [1.165, 1.54) is 19.2 Å². The molecular weight excluding hydrogens is 310 g/mol. The number of hydrogen-bond donors (Lipinski definition) is 1. The third kappa shape index (κ3) is 3.34. The summed E-state index contributed by atoms with van der Waals surface area (Å²) in [4.78, 5) is 21.0. The molecule has 0 spiro atoms. The van der Waals surface area contributed by atoms with E-state index in [9.17, 15) is 9.90 Å². The van der Waals surface area contributed by atoms with E-state index in [1.54, 1.807) is 4.90 Å². The van der Waals surface area contributed by atoms with Crippen molar-refractivity contribution in [3.8, 4) is 0 Å². The summed E-state index contributed by atoms with van der Waals surface area (Å²) in [6.07, 6.45) is 5.80. The molecular formula is C17H25N3O4. The van der Waals surface area contributed by atoms with Gasteiger partial charge in [-0.1, -0.05) is 0 Å². The first kappa shape index (κ1) is 16.1. The molecule has 7 heteroatoms. The van der Waals surface area contributed by atoms with Gasteiger partial charge in [0, 0.05) is 19.0 Å². The third-order valence-corrected chi connectivity index (χ3v) is 5.11. The van der Waals surface area contributed by atoms with Crippen LogP contribution >= 0.6 is 0 Å². The summed E-state index contributed by atoms with van der Waals surface area (Å²) in [7, 11) is 0. The Bertz CT molecular complexity index is 594. The van der Waals surface area contributed by atoms with Crippen molar-refractivity contribution in [2.24, 2.45) is 0 Å². The summed E-state index contributed by atoms with van der Waals surface area (Å²) in [5.41, 5.74) is -0.622. The van der Waals surface area contributed by atoms with Gasteiger partial charge in [0.15, 0.2) is 12.1 Å². The highest BCUT2D eigenvalue weighted by Crippen LogP contribution is 2.41. The number of nitrogens with zero attached hydrogens (tertiary/aromatic N) is 3. The van der Waals surface area contributed by atoms with Gasteiger partial charge in [-0.25, -0.2) is 4.98 Å². The molecule has 0 aromatic carbocycles. The van der Waals surface area contributed by atoms with Gasteiger partial charge in [0.25, 0.3) is 5.91 Å². The second-order valence-corrected chi connectivity index (χ2v) is 7.33. The highest BCUT2D eigenvalue weighted by atomic mass is 16.5. The normalized spacial score (nSPS) is 29.0. The number of aliphatic hydroxyl groups is 1. The van der Waals surface area contributed by atoms with Crippen molar-refractivity contribution in [2.75, 3.05) is 45.9 Å². The summed E-state index contributed by atoms with van der Waals surface area (Å²) in [5.74, 6) is 0.877. The number of rotatable bonds is 4. The molecule has 0 bridgehead atoms. The second-order valence-electron chi connectivity index (χ2n) is 7.33. The smallest absolute Gasteiger partial charge is 0.276 e. The van der Waals surface area contributed by atoms with Gasteiger partial charge in [-0.3, -0.25) is 4.79 Å². The predicted molar refractivity (Wildman–Crippen MR) is 85.8 cm³/mol. The van der Waals surface area contributed by atoms with Gasteiger partial charge >= 0.3 is 0 Å². The van der Waals surface area contributed by atoms with E-state index in [0.717, 1.165) is 25.9 Å². The van der Waals surface area contributed by atoms with Gasteiger partial charge in [-0.2, -0.15) is 0 Å². The van der Waals surface area contributed by atoms with Crippen LogP contribution in [0.2, 0.25) is 0 Å². The van der Waals surface area contributed by atoms with Crippen LogP contribution < -0.4 is 0 Å². The minimum atomic E-state index is -1.03. The highest BCUT2D eigenvalue weighted by Gasteiger charge is 2.39. The van der Waals surface area contributed by atoms with Gasteiger partial charge in [0.1, 0.15) is 11.4 Å². The molecule has 3 aliphatic rings. The van der Waals surface area contributed by atoms with Crippen LogP contribution in [-0.2, 0) is 4.74 Å². The van der Waals surface area contributed by atoms with Crippen LogP contribution in [-0.4, -0.2) is 77.3 Å². The van der Waals surface area contributed by atoms with Crippen molar-refractivity contribution in [1.82, 2.24) is 14.8 Å². The second kappa shape index (κ2) is 6.46. The highest BCUT2D eigenvalue weighted by molar-refractivity contribution is 5.93. The van der Waals surface area contributed by atoms with Crippen molar-refractivity contribution in [1.29, 1.82) is 0 Å². The molecule has 0 radical (unpaired) electrons. The first-order valence-electron chi connectivity index (χ1n) is 8.90. The molecule has 3 heterocycles. The Morgan fingerprint density at radius 3 is 2.88 bits per heavy atom. The Hall–Kier alpha value is -1.44. The zero-order valence-electron chi connectivity index (χ0n) is 13.9. The van der Waals surface area contributed by atoms with Gasteiger partial charge in [-0.15, -0.1) is 0 Å². The zero-order chi connectivity index (χ0) is 16.6. The van der Waals surface area contributed by atoms with E-state index in [-0.39, 0.29) is 19.1 Å². The number of likely N-dealkylation sites (tertiary alicyclic amines) is 1. The lowest BCUT2D eigenvalue weighted by Crippen LogP contribution is -2.53. The molecule has 1 amide bonds. The summed E-state index contributed by atoms with van der Waals surface area (Å²) in [6, 6.07) is 0. The third-order valence-electron chi connectivity index (χ3n) is 5.11. The Morgan fingerprint density at radius 1 is 1.33 bits per heavy atom. The molecule has 2 aliphatic heterocycles. The standard InChI is InChI=1S/C17H25N3O4/c21-16(14-15(13-3-4-13)24-12-18-14)20-7-8-23-11-17(22,10-20)9-19-5-1-2-6-19/h12-13,22H,1-11H2/t17-/m0/s1. The Balaban J connectivity index is 1.48. The fourth-order valence-electron chi connectivity index (χ4n) is 3.74. The van der Waals surface area contributed by atoms with Gasteiger partial charge in [-0.05, 0) is 38.8 Å². The number of aromatic nitrogens is 1. The molecule has 1 aromatic heterocycles. The van der Waals surface area contributed by atoms with Crippen molar-refractivity contribution >= 4 is 5.91 Å². The maximum Gasteiger partial charge on any atom is 0.276 e. The predicted octanol–water partition coefficient (Wildman–Crippen LogP) is 0.851. The average molecular weight is 335 g/mol. The summed E-state index contributed by atoms with van der Waals surface area (Å²) >= 11 is 0. The molecule has 1 N–H and O–H groups in total.